The van der Waals surface area contributed by atoms with Crippen LogP contribution in [0.3, 0.4) is 0 Å². The van der Waals surface area contributed by atoms with Crippen LogP contribution in [0, 0.1) is 0 Å². The Morgan fingerprint density at radius 2 is 1.56 bits per heavy atom. The van der Waals surface area contributed by atoms with Crippen molar-refractivity contribution in [2.24, 2.45) is 0 Å². The van der Waals surface area contributed by atoms with Crippen LogP contribution in [0.2, 0.25) is 0 Å². The van der Waals surface area contributed by atoms with E-state index in [4.69, 9.17) is 10.2 Å². The van der Waals surface area contributed by atoms with Gasteiger partial charge in [-0.25, -0.2) is 0 Å². The normalized spacial score (nSPS) is 6.67. The van der Waals surface area contributed by atoms with E-state index in [-0.39, 0.29) is 44.3 Å². The summed E-state index contributed by atoms with van der Waals surface area (Å²) in [5, 5.41) is 16.2. The zero-order valence-corrected chi connectivity index (χ0v) is 9.83. The largest absolute Gasteiger partial charge is 2.00 e. The quantitative estimate of drug-likeness (QED) is 0.364. The molecule has 0 aromatic heterocycles. The molecular weight excluding hydrogens is 216 g/mol. The van der Waals surface area contributed by atoms with E-state index in [1.807, 2.05) is 6.92 Å². The summed E-state index contributed by atoms with van der Waals surface area (Å²) in [4.78, 5) is 0. The molecule has 0 aliphatic rings. The van der Waals surface area contributed by atoms with Crippen LogP contribution < -0.4 is 24.8 Å². The average molecular weight is 226 g/mol. The molecule has 0 spiro atoms. The predicted octanol–water partition coefficient (Wildman–Crippen LogP) is -5.90. The molecule has 0 aliphatic heterocycles. The molecule has 0 radical (unpaired) electrons. The molecule has 9 heavy (non-hydrogen) atoms. The average Bonchev–Trinajstić information content (AvgIpc) is 1.35. The summed E-state index contributed by atoms with van der Waals surface area (Å²) in [6, 6.07) is 0. The number of aliphatic hydroxyl groups is 2. The molecule has 0 unspecified atom stereocenters. The molecule has 5 heteroatoms. The van der Waals surface area contributed by atoms with Gasteiger partial charge in [-0.05, 0) is 6.42 Å². The van der Waals surface area contributed by atoms with Crippen LogP contribution in [0.5, 0.6) is 0 Å². The van der Waals surface area contributed by atoms with Crippen molar-refractivity contribution in [2.75, 3.05) is 0 Å². The van der Waals surface area contributed by atoms with Gasteiger partial charge in [-0.15, -0.1) is 0 Å². The van der Waals surface area contributed by atoms with Gasteiger partial charge in [-0.2, -0.15) is 0 Å². The first kappa shape index (κ1) is 22.5. The van der Waals surface area contributed by atoms with E-state index in [1.54, 1.807) is 0 Å². The number of halogens is 2. The minimum absolute atomic E-state index is 0. The van der Waals surface area contributed by atoms with Crippen LogP contribution in [-0.2, 0) is 19.5 Å². The van der Waals surface area contributed by atoms with E-state index < -0.39 is 6.29 Å². The molecule has 0 aromatic carbocycles. The number of aliphatic hydroxyl groups excluding tert-OH is 1. The van der Waals surface area contributed by atoms with Gasteiger partial charge in [0.1, 0.15) is 0 Å². The third-order valence-electron chi connectivity index (χ3n) is 0.547. The molecule has 0 bridgehead atoms. The first-order valence-corrected chi connectivity index (χ1v) is 2.13. The molecule has 0 rings (SSSR count). The molecule has 2 nitrogen and oxygen atoms in total. The van der Waals surface area contributed by atoms with E-state index in [9.17, 15) is 0 Å². The molecule has 0 amide bonds. The molecule has 0 saturated heterocycles. The fourth-order valence-electron chi connectivity index (χ4n) is 0.258. The Labute approximate surface area is 80.6 Å². The van der Waals surface area contributed by atoms with Crippen LogP contribution in [0.15, 0.2) is 0 Å². The molecule has 0 heterocycles. The molecule has 0 atom stereocenters. The zero-order valence-electron chi connectivity index (χ0n) is 5.35. The van der Waals surface area contributed by atoms with Gasteiger partial charge in [0.2, 0.25) is 0 Å². The van der Waals surface area contributed by atoms with Gasteiger partial charge in [0.25, 0.3) is 0 Å². The Balaban J connectivity index is -0.0000000417. The summed E-state index contributed by atoms with van der Waals surface area (Å²) in [5.41, 5.74) is 0. The van der Waals surface area contributed by atoms with Crippen molar-refractivity contribution in [3.8, 4) is 0 Å². The van der Waals surface area contributed by atoms with Gasteiger partial charge >= 0.3 is 19.5 Å². The molecule has 0 fully saturated rings. The topological polar surface area (TPSA) is 40.5 Å². The number of rotatable bonds is 2. The fourth-order valence-corrected chi connectivity index (χ4v) is 0.258. The first-order valence-electron chi connectivity index (χ1n) is 2.13. The van der Waals surface area contributed by atoms with Gasteiger partial charge in [0.05, 0.1) is 0 Å². The SMILES string of the molecule is CCCC(O)O.[Cl-].[Cl-].[Zn+2]. The van der Waals surface area contributed by atoms with Crippen LogP contribution >= 0.6 is 0 Å². The molecular formula is C4H10Cl2O2Zn. The Bertz CT molecular complexity index is 37.7. The van der Waals surface area contributed by atoms with Crippen molar-refractivity contribution >= 4 is 0 Å². The molecule has 0 aromatic rings. The van der Waals surface area contributed by atoms with Crippen molar-refractivity contribution in [1.82, 2.24) is 0 Å². The third-order valence-corrected chi connectivity index (χ3v) is 0.547. The Morgan fingerprint density at radius 1 is 1.22 bits per heavy atom. The summed E-state index contributed by atoms with van der Waals surface area (Å²) in [6.45, 7) is 1.90. The first-order chi connectivity index (χ1) is 2.77. The summed E-state index contributed by atoms with van der Waals surface area (Å²) >= 11 is 0. The predicted molar refractivity (Wildman–Crippen MR) is 23.1 cm³/mol. The smallest absolute Gasteiger partial charge is 1.00 e. The molecule has 54 valence electrons. The summed E-state index contributed by atoms with van der Waals surface area (Å²) in [6.07, 6.45) is 0.215. The van der Waals surface area contributed by atoms with Crippen LogP contribution in [-0.4, -0.2) is 16.5 Å². The second-order valence-electron chi connectivity index (χ2n) is 1.27. The molecule has 2 N–H and O–H groups in total. The maximum absolute atomic E-state index is 8.11. The summed E-state index contributed by atoms with van der Waals surface area (Å²) < 4.78 is 0. The second-order valence-corrected chi connectivity index (χ2v) is 1.27. The van der Waals surface area contributed by atoms with Crippen molar-refractivity contribution in [3.05, 3.63) is 0 Å². The number of hydrogen-bond donors (Lipinski definition) is 2. The molecule has 0 aliphatic carbocycles. The van der Waals surface area contributed by atoms with Crippen LogP contribution in [0.1, 0.15) is 19.8 Å². The number of hydrogen-bond acceptors (Lipinski definition) is 2. The summed E-state index contributed by atoms with van der Waals surface area (Å²) in [7, 11) is 0. The Morgan fingerprint density at radius 3 is 1.56 bits per heavy atom. The third kappa shape index (κ3) is 27.2. The van der Waals surface area contributed by atoms with E-state index in [2.05, 4.69) is 0 Å². The Hall–Kier alpha value is 1.12. The van der Waals surface area contributed by atoms with Crippen molar-refractivity contribution in [2.45, 2.75) is 26.1 Å². The zero-order chi connectivity index (χ0) is 4.99. The van der Waals surface area contributed by atoms with E-state index in [1.165, 1.54) is 0 Å². The monoisotopic (exact) mass is 224 g/mol. The van der Waals surface area contributed by atoms with Crippen molar-refractivity contribution in [1.29, 1.82) is 0 Å². The minimum atomic E-state index is -1.10. The van der Waals surface area contributed by atoms with Gasteiger partial charge in [0, 0.05) is 0 Å². The van der Waals surface area contributed by atoms with Gasteiger partial charge in [0.15, 0.2) is 6.29 Å². The second kappa shape index (κ2) is 16.1. The molecule has 0 saturated carbocycles. The van der Waals surface area contributed by atoms with E-state index in [0.29, 0.717) is 6.42 Å². The fraction of sp³-hybridized carbons (Fsp3) is 1.00. The standard InChI is InChI=1S/C4H10O2.2ClH.Zn/c1-2-3-4(5)6;;;/h4-6H,2-3H2,1H3;2*1H;/q;;;+2/p-2. The van der Waals surface area contributed by atoms with Crippen LogP contribution in [0.25, 0.3) is 0 Å². The van der Waals surface area contributed by atoms with Crippen molar-refractivity contribution < 1.29 is 54.5 Å². The maximum atomic E-state index is 8.11. The van der Waals surface area contributed by atoms with Crippen molar-refractivity contribution in [3.63, 3.8) is 0 Å². The van der Waals surface area contributed by atoms with Gasteiger partial charge < -0.3 is 35.0 Å². The van der Waals surface area contributed by atoms with E-state index >= 15 is 0 Å². The Kier molecular flexibility index (Phi) is 40.1. The summed E-state index contributed by atoms with van der Waals surface area (Å²) in [5.74, 6) is 0. The van der Waals surface area contributed by atoms with E-state index in [0.717, 1.165) is 6.42 Å². The minimum Gasteiger partial charge on any atom is -1.00 e. The van der Waals surface area contributed by atoms with Gasteiger partial charge in [-0.3, -0.25) is 0 Å². The van der Waals surface area contributed by atoms with Gasteiger partial charge in [-0.1, -0.05) is 13.3 Å². The maximum Gasteiger partial charge on any atom is 2.00 e. The van der Waals surface area contributed by atoms with Crippen LogP contribution in [0.4, 0.5) is 0 Å².